The fourth-order valence-corrected chi connectivity index (χ4v) is 3.20. The van der Waals surface area contributed by atoms with Crippen LogP contribution in [0.2, 0.25) is 0 Å². The Morgan fingerprint density at radius 2 is 2.40 bits per heavy atom. The first-order chi connectivity index (χ1) is 9.47. The number of esters is 1. The standard InChI is InChI=1S/C14H18BrFN2O2/c1-9-7-14(5-6-17-9,13(19)20-2)8-11-10(16)3-4-12(15)18-11/h3-4,9,17H,5-8H2,1-2H3/t9-,14-/m1/s1. The Morgan fingerprint density at radius 1 is 1.65 bits per heavy atom. The number of carbonyl (C=O) groups is 1. The summed E-state index contributed by atoms with van der Waals surface area (Å²) in [5.41, 5.74) is -0.396. The van der Waals surface area contributed by atoms with Crippen LogP contribution >= 0.6 is 15.9 Å². The second kappa shape index (κ2) is 6.18. The molecule has 0 amide bonds. The molecule has 2 rings (SSSR count). The van der Waals surface area contributed by atoms with E-state index >= 15 is 0 Å². The average Bonchev–Trinajstić information content (AvgIpc) is 2.42. The maximum Gasteiger partial charge on any atom is 0.312 e. The van der Waals surface area contributed by atoms with Gasteiger partial charge in [0.05, 0.1) is 18.2 Å². The Bertz CT molecular complexity index is 512. The van der Waals surface area contributed by atoms with E-state index in [2.05, 4.69) is 26.2 Å². The molecule has 0 spiro atoms. The van der Waals surface area contributed by atoms with Crippen LogP contribution in [0, 0.1) is 11.2 Å². The fraction of sp³-hybridized carbons (Fsp3) is 0.571. The van der Waals surface area contributed by atoms with Gasteiger partial charge in [0.25, 0.3) is 0 Å². The molecule has 2 heterocycles. The minimum Gasteiger partial charge on any atom is -0.469 e. The molecule has 0 unspecified atom stereocenters. The molecule has 1 aromatic rings. The molecule has 0 radical (unpaired) electrons. The van der Waals surface area contributed by atoms with E-state index < -0.39 is 5.41 Å². The van der Waals surface area contributed by atoms with Gasteiger partial charge in [0.2, 0.25) is 0 Å². The second-order valence-corrected chi connectivity index (χ2v) is 6.13. The summed E-state index contributed by atoms with van der Waals surface area (Å²) in [6.07, 6.45) is 1.50. The third kappa shape index (κ3) is 3.17. The Balaban J connectivity index is 2.32. The Kier molecular flexibility index (Phi) is 4.75. The molecule has 1 aromatic heterocycles. The molecule has 1 fully saturated rings. The van der Waals surface area contributed by atoms with Gasteiger partial charge in [-0.1, -0.05) is 0 Å². The van der Waals surface area contributed by atoms with Gasteiger partial charge in [-0.05, 0) is 54.4 Å². The number of pyridine rings is 1. The summed E-state index contributed by atoms with van der Waals surface area (Å²) in [4.78, 5) is 16.4. The van der Waals surface area contributed by atoms with E-state index in [9.17, 15) is 9.18 Å². The van der Waals surface area contributed by atoms with Crippen molar-refractivity contribution in [3.05, 3.63) is 28.2 Å². The highest BCUT2D eigenvalue weighted by molar-refractivity contribution is 9.10. The predicted octanol–water partition coefficient (Wildman–Crippen LogP) is 2.46. The number of ether oxygens (including phenoxy) is 1. The van der Waals surface area contributed by atoms with E-state index in [1.807, 2.05) is 6.92 Å². The molecule has 0 bridgehead atoms. The lowest BCUT2D eigenvalue weighted by atomic mass is 9.73. The van der Waals surface area contributed by atoms with Crippen molar-refractivity contribution >= 4 is 21.9 Å². The van der Waals surface area contributed by atoms with Crippen LogP contribution in [0.4, 0.5) is 4.39 Å². The van der Waals surface area contributed by atoms with Gasteiger partial charge in [-0.2, -0.15) is 0 Å². The van der Waals surface area contributed by atoms with Crippen LogP contribution in [0.25, 0.3) is 0 Å². The third-order valence-corrected chi connectivity index (χ3v) is 4.24. The van der Waals surface area contributed by atoms with Gasteiger partial charge in [-0.25, -0.2) is 9.37 Å². The molecule has 0 aliphatic carbocycles. The number of rotatable bonds is 3. The van der Waals surface area contributed by atoms with Crippen molar-refractivity contribution in [2.45, 2.75) is 32.2 Å². The summed E-state index contributed by atoms with van der Waals surface area (Å²) in [6.45, 7) is 2.73. The largest absolute Gasteiger partial charge is 0.469 e. The molecule has 20 heavy (non-hydrogen) atoms. The molecule has 1 aliphatic heterocycles. The van der Waals surface area contributed by atoms with E-state index in [1.54, 1.807) is 6.07 Å². The molecular formula is C14H18BrFN2O2. The first-order valence-corrected chi connectivity index (χ1v) is 7.39. The minimum atomic E-state index is -0.700. The van der Waals surface area contributed by atoms with E-state index in [4.69, 9.17) is 4.74 Å². The Hall–Kier alpha value is -1.01. The van der Waals surface area contributed by atoms with Crippen molar-refractivity contribution in [2.75, 3.05) is 13.7 Å². The van der Waals surface area contributed by atoms with Crippen LogP contribution in [-0.2, 0) is 16.0 Å². The van der Waals surface area contributed by atoms with E-state index in [-0.39, 0.29) is 24.2 Å². The SMILES string of the molecule is COC(=O)[C@]1(Cc2nc(Br)ccc2F)CCN[C@H](C)C1. The highest BCUT2D eigenvalue weighted by Crippen LogP contribution is 2.36. The smallest absolute Gasteiger partial charge is 0.312 e. The number of hydrogen-bond donors (Lipinski definition) is 1. The number of hydrogen-bond acceptors (Lipinski definition) is 4. The summed E-state index contributed by atoms with van der Waals surface area (Å²) in [5, 5.41) is 3.30. The summed E-state index contributed by atoms with van der Waals surface area (Å²) < 4.78 is 19.4. The topological polar surface area (TPSA) is 51.2 Å². The average molecular weight is 345 g/mol. The van der Waals surface area contributed by atoms with Crippen LogP contribution in [0.5, 0.6) is 0 Å². The van der Waals surface area contributed by atoms with Gasteiger partial charge in [0.15, 0.2) is 0 Å². The molecule has 1 saturated heterocycles. The third-order valence-electron chi connectivity index (χ3n) is 3.80. The van der Waals surface area contributed by atoms with Crippen LogP contribution in [-0.4, -0.2) is 30.6 Å². The second-order valence-electron chi connectivity index (χ2n) is 5.32. The van der Waals surface area contributed by atoms with Gasteiger partial charge in [0.1, 0.15) is 10.4 Å². The molecule has 0 saturated carbocycles. The van der Waals surface area contributed by atoms with E-state index in [0.717, 1.165) is 0 Å². The monoisotopic (exact) mass is 344 g/mol. The first-order valence-electron chi connectivity index (χ1n) is 6.59. The number of aromatic nitrogens is 1. The fourth-order valence-electron chi connectivity index (χ4n) is 2.86. The van der Waals surface area contributed by atoms with Crippen LogP contribution in [0.1, 0.15) is 25.5 Å². The minimum absolute atomic E-state index is 0.193. The summed E-state index contributed by atoms with van der Waals surface area (Å²) in [5.74, 6) is -0.672. The Labute approximate surface area is 126 Å². The zero-order valence-electron chi connectivity index (χ0n) is 11.6. The van der Waals surface area contributed by atoms with Crippen molar-refractivity contribution in [1.82, 2.24) is 10.3 Å². The van der Waals surface area contributed by atoms with Gasteiger partial charge < -0.3 is 10.1 Å². The van der Waals surface area contributed by atoms with Crippen molar-refractivity contribution in [3.8, 4) is 0 Å². The number of piperidine rings is 1. The summed E-state index contributed by atoms with van der Waals surface area (Å²) >= 11 is 3.24. The maximum atomic E-state index is 13.9. The molecule has 6 heteroatoms. The van der Waals surface area contributed by atoms with Crippen molar-refractivity contribution in [3.63, 3.8) is 0 Å². The van der Waals surface area contributed by atoms with E-state index in [1.165, 1.54) is 13.2 Å². The predicted molar refractivity (Wildman–Crippen MR) is 76.7 cm³/mol. The maximum absolute atomic E-state index is 13.9. The van der Waals surface area contributed by atoms with Crippen LogP contribution < -0.4 is 5.32 Å². The molecule has 1 N–H and O–H groups in total. The number of carbonyl (C=O) groups excluding carboxylic acids is 1. The number of nitrogens with zero attached hydrogens (tertiary/aromatic N) is 1. The van der Waals surface area contributed by atoms with Gasteiger partial charge in [-0.15, -0.1) is 0 Å². The molecule has 1 aliphatic rings. The normalized spacial score (nSPS) is 26.3. The molecule has 4 nitrogen and oxygen atoms in total. The number of halogens is 2. The lowest BCUT2D eigenvalue weighted by Gasteiger charge is -2.38. The Morgan fingerprint density at radius 3 is 3.05 bits per heavy atom. The van der Waals surface area contributed by atoms with Gasteiger partial charge in [-0.3, -0.25) is 4.79 Å². The highest BCUT2D eigenvalue weighted by Gasteiger charge is 2.43. The van der Waals surface area contributed by atoms with Crippen molar-refractivity contribution in [2.24, 2.45) is 5.41 Å². The lowest BCUT2D eigenvalue weighted by molar-refractivity contribution is -0.155. The molecule has 0 aromatic carbocycles. The lowest BCUT2D eigenvalue weighted by Crippen LogP contribution is -2.48. The number of methoxy groups -OCH3 is 1. The molecule has 2 atom stereocenters. The van der Waals surface area contributed by atoms with Crippen molar-refractivity contribution < 1.29 is 13.9 Å². The number of nitrogens with one attached hydrogen (secondary N) is 1. The van der Waals surface area contributed by atoms with Gasteiger partial charge >= 0.3 is 5.97 Å². The zero-order valence-corrected chi connectivity index (χ0v) is 13.2. The van der Waals surface area contributed by atoms with E-state index in [0.29, 0.717) is 29.7 Å². The molecule has 110 valence electrons. The first kappa shape index (κ1) is 15.4. The highest BCUT2D eigenvalue weighted by atomic mass is 79.9. The van der Waals surface area contributed by atoms with Gasteiger partial charge in [0, 0.05) is 12.5 Å². The quantitative estimate of drug-likeness (QED) is 0.675. The van der Waals surface area contributed by atoms with Crippen LogP contribution in [0.15, 0.2) is 16.7 Å². The van der Waals surface area contributed by atoms with Crippen molar-refractivity contribution in [1.29, 1.82) is 0 Å². The van der Waals surface area contributed by atoms with Crippen LogP contribution in [0.3, 0.4) is 0 Å². The zero-order chi connectivity index (χ0) is 14.8. The summed E-state index contributed by atoms with van der Waals surface area (Å²) in [6, 6.07) is 3.11. The molecular weight excluding hydrogens is 327 g/mol. The summed E-state index contributed by atoms with van der Waals surface area (Å²) in [7, 11) is 1.38.